The standard InChI is InChI=1S/C7H9ClN2O/c1-11-6-4-2-3-5(8)7(6)10-9/h2-4,10H,9H2,1H3. The zero-order valence-corrected chi connectivity index (χ0v) is 6.85. The number of nitrogens with one attached hydrogen (secondary N) is 1. The number of anilines is 1. The van der Waals surface area contributed by atoms with Crippen molar-refractivity contribution >= 4 is 17.3 Å². The number of ether oxygens (including phenoxy) is 1. The Kier molecular flexibility index (Phi) is 2.57. The Hall–Kier alpha value is -0.930. The number of hydrazine groups is 1. The average Bonchev–Trinajstić information content (AvgIpc) is 2.04. The normalized spacial score (nSPS) is 9.36. The van der Waals surface area contributed by atoms with Crippen molar-refractivity contribution in [3.8, 4) is 5.75 Å². The van der Waals surface area contributed by atoms with E-state index in [4.69, 9.17) is 22.2 Å². The molecule has 0 saturated heterocycles. The number of halogens is 1. The first-order valence-electron chi connectivity index (χ1n) is 3.08. The van der Waals surface area contributed by atoms with Crippen LogP contribution in [0.15, 0.2) is 18.2 Å². The third-order valence-corrected chi connectivity index (χ3v) is 1.65. The van der Waals surface area contributed by atoms with Crippen LogP contribution in [0.25, 0.3) is 0 Å². The molecule has 0 aliphatic rings. The van der Waals surface area contributed by atoms with E-state index in [1.54, 1.807) is 25.3 Å². The molecular formula is C7H9ClN2O. The second-order valence-electron chi connectivity index (χ2n) is 1.96. The Morgan fingerprint density at radius 1 is 1.55 bits per heavy atom. The van der Waals surface area contributed by atoms with E-state index in [0.717, 1.165) is 0 Å². The summed E-state index contributed by atoms with van der Waals surface area (Å²) in [6.45, 7) is 0. The van der Waals surface area contributed by atoms with Gasteiger partial charge in [0.15, 0.2) is 0 Å². The SMILES string of the molecule is COc1cccc(Cl)c1NN. The first kappa shape index (κ1) is 8.17. The number of rotatable bonds is 2. The summed E-state index contributed by atoms with van der Waals surface area (Å²) in [7, 11) is 1.56. The summed E-state index contributed by atoms with van der Waals surface area (Å²) in [5.41, 5.74) is 3.07. The van der Waals surface area contributed by atoms with Crippen LogP contribution in [0, 0.1) is 0 Å². The van der Waals surface area contributed by atoms with Crippen molar-refractivity contribution in [2.24, 2.45) is 5.84 Å². The van der Waals surface area contributed by atoms with Crippen molar-refractivity contribution in [1.82, 2.24) is 0 Å². The number of hydrogen-bond acceptors (Lipinski definition) is 3. The van der Waals surface area contributed by atoms with E-state index in [1.165, 1.54) is 0 Å². The van der Waals surface area contributed by atoms with Crippen molar-refractivity contribution in [1.29, 1.82) is 0 Å². The third-order valence-electron chi connectivity index (χ3n) is 1.34. The van der Waals surface area contributed by atoms with E-state index < -0.39 is 0 Å². The lowest BCUT2D eigenvalue weighted by molar-refractivity contribution is 0.416. The fourth-order valence-corrected chi connectivity index (χ4v) is 1.03. The molecule has 0 aromatic heterocycles. The predicted molar refractivity (Wildman–Crippen MR) is 45.8 cm³/mol. The molecule has 1 rings (SSSR count). The third kappa shape index (κ3) is 1.56. The van der Waals surface area contributed by atoms with Gasteiger partial charge < -0.3 is 10.2 Å². The summed E-state index contributed by atoms with van der Waals surface area (Å²) in [6, 6.07) is 5.31. The lowest BCUT2D eigenvalue weighted by Gasteiger charge is -2.07. The number of para-hydroxylation sites is 1. The maximum atomic E-state index is 5.79. The Balaban J connectivity index is 3.13. The lowest BCUT2D eigenvalue weighted by Crippen LogP contribution is -2.08. The average molecular weight is 173 g/mol. The quantitative estimate of drug-likeness (QED) is 0.527. The van der Waals surface area contributed by atoms with Gasteiger partial charge in [0.05, 0.1) is 12.1 Å². The maximum absolute atomic E-state index is 5.79. The van der Waals surface area contributed by atoms with Crippen LogP contribution in [-0.4, -0.2) is 7.11 Å². The molecule has 60 valence electrons. The van der Waals surface area contributed by atoms with Gasteiger partial charge in [-0.1, -0.05) is 17.7 Å². The van der Waals surface area contributed by atoms with Crippen LogP contribution in [0.4, 0.5) is 5.69 Å². The van der Waals surface area contributed by atoms with E-state index in [1.807, 2.05) is 0 Å². The molecule has 3 nitrogen and oxygen atoms in total. The lowest BCUT2D eigenvalue weighted by atomic mass is 10.3. The smallest absolute Gasteiger partial charge is 0.144 e. The Morgan fingerprint density at radius 2 is 2.27 bits per heavy atom. The summed E-state index contributed by atoms with van der Waals surface area (Å²) in [6.07, 6.45) is 0. The molecule has 4 heteroatoms. The van der Waals surface area contributed by atoms with Crippen LogP contribution in [0.1, 0.15) is 0 Å². The zero-order valence-electron chi connectivity index (χ0n) is 6.10. The molecule has 0 heterocycles. The molecule has 0 aliphatic carbocycles. The van der Waals surface area contributed by atoms with Gasteiger partial charge in [0.1, 0.15) is 11.4 Å². The molecular weight excluding hydrogens is 164 g/mol. The van der Waals surface area contributed by atoms with Crippen molar-refractivity contribution in [2.75, 3.05) is 12.5 Å². The summed E-state index contributed by atoms with van der Waals surface area (Å²) in [4.78, 5) is 0. The van der Waals surface area contributed by atoms with Crippen LogP contribution < -0.4 is 16.0 Å². The van der Waals surface area contributed by atoms with Crippen LogP contribution in [0.3, 0.4) is 0 Å². The van der Waals surface area contributed by atoms with Crippen LogP contribution in [-0.2, 0) is 0 Å². The monoisotopic (exact) mass is 172 g/mol. The Bertz CT molecular complexity index is 252. The molecule has 0 bridgehead atoms. The minimum Gasteiger partial charge on any atom is -0.494 e. The molecule has 3 N–H and O–H groups in total. The molecule has 11 heavy (non-hydrogen) atoms. The minimum absolute atomic E-state index is 0.548. The van der Waals surface area contributed by atoms with Gasteiger partial charge in [-0.15, -0.1) is 0 Å². The van der Waals surface area contributed by atoms with Gasteiger partial charge in [-0.05, 0) is 12.1 Å². The minimum atomic E-state index is 0.548. The summed E-state index contributed by atoms with van der Waals surface area (Å²) in [5.74, 6) is 5.85. The molecule has 0 aliphatic heterocycles. The highest BCUT2D eigenvalue weighted by atomic mass is 35.5. The zero-order chi connectivity index (χ0) is 8.27. The highest BCUT2D eigenvalue weighted by molar-refractivity contribution is 6.33. The number of nitrogen functional groups attached to an aromatic ring is 1. The number of benzene rings is 1. The van der Waals surface area contributed by atoms with Gasteiger partial charge in [-0.25, -0.2) is 0 Å². The molecule has 0 fully saturated rings. The molecule has 1 aromatic rings. The van der Waals surface area contributed by atoms with Crippen LogP contribution in [0.2, 0.25) is 5.02 Å². The van der Waals surface area contributed by atoms with Gasteiger partial charge in [-0.2, -0.15) is 0 Å². The molecule has 0 atom stereocenters. The highest BCUT2D eigenvalue weighted by Gasteiger charge is 2.03. The van der Waals surface area contributed by atoms with Crippen molar-refractivity contribution < 1.29 is 4.74 Å². The summed E-state index contributed by atoms with van der Waals surface area (Å²) < 4.78 is 4.99. The second-order valence-corrected chi connectivity index (χ2v) is 2.37. The topological polar surface area (TPSA) is 47.3 Å². The van der Waals surface area contributed by atoms with E-state index in [9.17, 15) is 0 Å². The van der Waals surface area contributed by atoms with Crippen molar-refractivity contribution in [2.45, 2.75) is 0 Å². The van der Waals surface area contributed by atoms with E-state index >= 15 is 0 Å². The number of methoxy groups -OCH3 is 1. The Labute approximate surface area is 70.1 Å². The van der Waals surface area contributed by atoms with Crippen LogP contribution in [0.5, 0.6) is 5.75 Å². The van der Waals surface area contributed by atoms with Gasteiger partial charge >= 0.3 is 0 Å². The molecule has 0 spiro atoms. The Morgan fingerprint density at radius 3 is 2.73 bits per heavy atom. The summed E-state index contributed by atoms with van der Waals surface area (Å²) >= 11 is 5.79. The number of nitrogens with two attached hydrogens (primary N) is 1. The first-order valence-corrected chi connectivity index (χ1v) is 3.46. The fourth-order valence-electron chi connectivity index (χ4n) is 0.815. The van der Waals surface area contributed by atoms with Crippen LogP contribution >= 0.6 is 11.6 Å². The van der Waals surface area contributed by atoms with E-state index in [-0.39, 0.29) is 0 Å². The highest BCUT2D eigenvalue weighted by Crippen LogP contribution is 2.30. The first-order chi connectivity index (χ1) is 5.29. The van der Waals surface area contributed by atoms with Crippen molar-refractivity contribution in [3.05, 3.63) is 23.2 Å². The number of hydrogen-bond donors (Lipinski definition) is 2. The molecule has 0 radical (unpaired) electrons. The van der Waals surface area contributed by atoms with E-state index in [2.05, 4.69) is 5.43 Å². The molecule has 0 unspecified atom stereocenters. The van der Waals surface area contributed by atoms with E-state index in [0.29, 0.717) is 16.5 Å². The largest absolute Gasteiger partial charge is 0.494 e. The predicted octanol–water partition coefficient (Wildman–Crippen LogP) is 1.63. The molecule has 1 aromatic carbocycles. The van der Waals surface area contributed by atoms with Gasteiger partial charge in [-0.3, -0.25) is 5.84 Å². The van der Waals surface area contributed by atoms with Gasteiger partial charge in [0, 0.05) is 0 Å². The molecule has 0 saturated carbocycles. The maximum Gasteiger partial charge on any atom is 0.144 e. The molecule has 0 amide bonds. The van der Waals surface area contributed by atoms with Gasteiger partial charge in [0.25, 0.3) is 0 Å². The summed E-state index contributed by atoms with van der Waals surface area (Å²) in [5, 5.41) is 0.548. The second kappa shape index (κ2) is 3.46. The van der Waals surface area contributed by atoms with Crippen molar-refractivity contribution in [3.63, 3.8) is 0 Å². The fraction of sp³-hybridized carbons (Fsp3) is 0.143. The van der Waals surface area contributed by atoms with Gasteiger partial charge in [0.2, 0.25) is 0 Å².